The van der Waals surface area contributed by atoms with Crippen LogP contribution in [0.1, 0.15) is 29.2 Å². The number of ether oxygens (including phenoxy) is 1. The zero-order valence-corrected chi connectivity index (χ0v) is 16.0. The largest absolute Gasteiger partial charge is 0.477 e. The van der Waals surface area contributed by atoms with E-state index < -0.39 is 17.0 Å². The average Bonchev–Trinajstić information content (AvgIpc) is 2.95. The number of fused-ring (bicyclic) bond motifs is 3. The predicted octanol–water partition coefficient (Wildman–Crippen LogP) is 1.27. The minimum atomic E-state index is -1.51. The molecule has 2 heterocycles. The Balaban J connectivity index is 0.000000134. The van der Waals surface area contributed by atoms with Gasteiger partial charge < -0.3 is 15.8 Å². The number of anilines is 1. The molecule has 0 radical (unpaired) electrons. The van der Waals surface area contributed by atoms with Crippen molar-refractivity contribution >= 4 is 22.7 Å². The number of aromatic nitrogens is 2. The van der Waals surface area contributed by atoms with Gasteiger partial charge in [-0.15, -0.1) is 0 Å². The van der Waals surface area contributed by atoms with E-state index in [9.17, 15) is 9.00 Å². The summed E-state index contributed by atoms with van der Waals surface area (Å²) in [6.45, 7) is 3.51. The molecule has 2 unspecified atom stereocenters. The quantitative estimate of drug-likeness (QED) is 0.715. The Morgan fingerprint density at radius 2 is 1.96 bits per heavy atom. The van der Waals surface area contributed by atoms with E-state index >= 15 is 0 Å². The molecule has 2 aliphatic carbocycles. The number of hydrogen-bond donors (Lipinski definition) is 3. The molecule has 5 rings (SSSR count). The van der Waals surface area contributed by atoms with E-state index in [0.717, 1.165) is 37.9 Å². The smallest absolute Gasteiger partial charge is 0.316 e. The second-order valence-electron chi connectivity index (χ2n) is 7.23. The van der Waals surface area contributed by atoms with Gasteiger partial charge in [0.25, 0.3) is 0 Å². The monoisotopic (exact) mass is 389 g/mol. The van der Waals surface area contributed by atoms with E-state index in [4.69, 9.17) is 15.6 Å². The van der Waals surface area contributed by atoms with Gasteiger partial charge in [0.05, 0.1) is 19.3 Å². The molecule has 0 saturated carbocycles. The molecular weight excluding hydrogens is 366 g/mol. The van der Waals surface area contributed by atoms with Crippen LogP contribution < -0.4 is 20.9 Å². The number of nitrogens with one attached hydrogen (secondary N) is 1. The van der Waals surface area contributed by atoms with Crippen molar-refractivity contribution in [3.05, 3.63) is 34.5 Å². The lowest BCUT2D eigenvalue weighted by Crippen LogP contribution is -2.27. The lowest BCUT2D eigenvalue weighted by Gasteiger charge is -2.31. The van der Waals surface area contributed by atoms with E-state index in [-0.39, 0.29) is 0 Å². The highest BCUT2D eigenvalue weighted by Gasteiger charge is 2.27. The fourth-order valence-corrected chi connectivity index (χ4v) is 4.17. The topological polar surface area (TPSA) is 125 Å². The fraction of sp³-hybridized carbons (Fsp3) is 0.444. The minimum Gasteiger partial charge on any atom is -0.477 e. The van der Waals surface area contributed by atoms with Crippen LogP contribution >= 0.6 is 0 Å². The van der Waals surface area contributed by atoms with Crippen molar-refractivity contribution in [2.75, 3.05) is 11.9 Å². The van der Waals surface area contributed by atoms with Gasteiger partial charge >= 0.3 is 6.03 Å². The molecule has 2 amide bonds. The highest BCUT2D eigenvalue weighted by atomic mass is 32.2. The zero-order chi connectivity index (χ0) is 19.1. The number of hydrogen-bond acceptors (Lipinski definition) is 4. The third-order valence-corrected chi connectivity index (χ3v) is 5.94. The van der Waals surface area contributed by atoms with Crippen molar-refractivity contribution < 1.29 is 13.7 Å². The fourth-order valence-electron chi connectivity index (χ4n) is 3.68. The molecule has 9 heteroatoms. The van der Waals surface area contributed by atoms with Crippen LogP contribution in [0.5, 0.6) is 5.88 Å². The van der Waals surface area contributed by atoms with Gasteiger partial charge in [-0.1, -0.05) is 13.0 Å². The molecule has 3 aliphatic rings. The lowest BCUT2D eigenvalue weighted by molar-refractivity contribution is 0.171. The lowest BCUT2D eigenvalue weighted by atomic mass is 9.76. The maximum atomic E-state index is 11.0. The van der Waals surface area contributed by atoms with E-state index in [1.807, 2.05) is 0 Å². The third kappa shape index (κ3) is 3.32. The molecule has 27 heavy (non-hydrogen) atoms. The average molecular weight is 389 g/mol. The van der Waals surface area contributed by atoms with Gasteiger partial charge in [0, 0.05) is 11.6 Å². The number of nitrogens with zero attached hydrogens (tertiary/aromatic N) is 2. The van der Waals surface area contributed by atoms with Crippen LogP contribution in [0.4, 0.5) is 10.5 Å². The van der Waals surface area contributed by atoms with E-state index in [1.165, 1.54) is 28.5 Å². The van der Waals surface area contributed by atoms with E-state index in [2.05, 4.69) is 23.4 Å². The summed E-state index contributed by atoms with van der Waals surface area (Å²) in [5.74, 6) is 0.991. The summed E-state index contributed by atoms with van der Waals surface area (Å²) in [6, 6.07) is 1.84. The second kappa shape index (κ2) is 6.97. The van der Waals surface area contributed by atoms with Gasteiger partial charge in [0.15, 0.2) is 0 Å². The van der Waals surface area contributed by atoms with Gasteiger partial charge in [0.2, 0.25) is 5.88 Å². The van der Waals surface area contributed by atoms with Gasteiger partial charge in [-0.2, -0.15) is 5.10 Å². The van der Waals surface area contributed by atoms with Crippen molar-refractivity contribution in [1.82, 2.24) is 9.78 Å². The van der Waals surface area contributed by atoms with Gasteiger partial charge in [0.1, 0.15) is 15.9 Å². The van der Waals surface area contributed by atoms with Crippen molar-refractivity contribution in [1.29, 1.82) is 0 Å². The van der Waals surface area contributed by atoms with Gasteiger partial charge in [-0.3, -0.25) is 0 Å². The van der Waals surface area contributed by atoms with Crippen LogP contribution in [0.15, 0.2) is 17.2 Å². The number of primary amides is 1. The molecule has 8 nitrogen and oxygen atoms in total. The Hall–Kier alpha value is -2.39. The van der Waals surface area contributed by atoms with Crippen LogP contribution in [0.3, 0.4) is 0 Å². The maximum Gasteiger partial charge on any atom is 0.316 e. The normalized spacial score (nSPS) is 19.6. The molecule has 0 spiro atoms. The zero-order valence-electron chi connectivity index (χ0n) is 15.2. The Morgan fingerprint density at radius 3 is 2.48 bits per heavy atom. The molecule has 1 aliphatic heterocycles. The summed E-state index contributed by atoms with van der Waals surface area (Å²) in [5, 5.41) is 12.1. The molecule has 1 aromatic heterocycles. The SMILES string of the molecule is CC1COc2c(S(N)=O)cnn2C1.NC(=O)Nc1c2c(cc3c1CC3)CC2. The number of benzene rings is 1. The number of carbonyl (C=O) groups is 1. The number of amides is 2. The van der Waals surface area contributed by atoms with Crippen molar-refractivity contribution in [3.8, 4) is 5.88 Å². The Morgan fingerprint density at radius 1 is 1.30 bits per heavy atom. The molecular formula is C18H23N5O3S. The van der Waals surface area contributed by atoms with E-state index in [0.29, 0.717) is 23.3 Å². The highest BCUT2D eigenvalue weighted by molar-refractivity contribution is 7.82. The summed E-state index contributed by atoms with van der Waals surface area (Å²) in [7, 11) is -1.51. The number of urea groups is 1. The molecule has 0 saturated heterocycles. The molecule has 144 valence electrons. The molecule has 2 aromatic rings. The standard InChI is InChI=1S/C11H12N2O.C7H11N3O2S/c12-11(14)13-10-8-3-1-6(8)5-7-2-4-9(7)10;1-5-3-10-7(12-4-5)6(2-9-10)13(8)11/h5H,1-4H2,(H3,12,13,14);2,5H,3-4,8H2,1H3. The Labute approximate surface area is 159 Å². The minimum absolute atomic E-state index is 0.437. The number of aryl methyl sites for hydroxylation is 2. The summed E-state index contributed by atoms with van der Waals surface area (Å²) in [4.78, 5) is 11.3. The molecule has 0 fully saturated rings. The first-order valence-corrected chi connectivity index (χ1v) is 10.2. The van der Waals surface area contributed by atoms with Crippen LogP contribution in [0.25, 0.3) is 0 Å². The Kier molecular flexibility index (Phi) is 4.65. The molecule has 1 aromatic carbocycles. The van der Waals surface area contributed by atoms with Crippen molar-refractivity contribution in [2.24, 2.45) is 16.8 Å². The first-order chi connectivity index (χ1) is 12.9. The number of rotatable bonds is 2. The van der Waals surface area contributed by atoms with E-state index in [1.54, 1.807) is 4.68 Å². The van der Waals surface area contributed by atoms with Gasteiger partial charge in [-0.05, 0) is 47.9 Å². The molecule has 0 bridgehead atoms. The highest BCUT2D eigenvalue weighted by Crippen LogP contribution is 2.40. The molecule has 2 atom stereocenters. The van der Waals surface area contributed by atoms with Crippen LogP contribution in [-0.2, 0) is 43.2 Å². The van der Waals surface area contributed by atoms with Crippen LogP contribution in [0, 0.1) is 5.92 Å². The summed E-state index contributed by atoms with van der Waals surface area (Å²) < 4.78 is 18.1. The third-order valence-electron chi connectivity index (χ3n) is 5.23. The summed E-state index contributed by atoms with van der Waals surface area (Å²) >= 11 is 0. The molecule has 5 N–H and O–H groups in total. The maximum absolute atomic E-state index is 11.0. The Bertz CT molecular complexity index is 909. The van der Waals surface area contributed by atoms with Crippen molar-refractivity contribution in [2.45, 2.75) is 44.0 Å². The first-order valence-electron chi connectivity index (χ1n) is 9.01. The second-order valence-corrected chi connectivity index (χ2v) is 8.26. The number of carbonyl (C=O) groups excluding carboxylic acids is 1. The summed E-state index contributed by atoms with van der Waals surface area (Å²) in [5.41, 5.74) is 11.6. The first kappa shape index (κ1) is 18.0. The van der Waals surface area contributed by atoms with Gasteiger partial charge in [-0.25, -0.2) is 18.8 Å². The van der Waals surface area contributed by atoms with Crippen molar-refractivity contribution in [3.63, 3.8) is 0 Å². The van der Waals surface area contributed by atoms with Crippen LogP contribution in [-0.4, -0.2) is 26.6 Å². The predicted molar refractivity (Wildman–Crippen MR) is 102 cm³/mol. The van der Waals surface area contributed by atoms with Crippen LogP contribution in [0.2, 0.25) is 0 Å². The summed E-state index contributed by atoms with van der Waals surface area (Å²) in [6.07, 6.45) is 5.96. The number of nitrogens with two attached hydrogens (primary N) is 2.